The van der Waals surface area contributed by atoms with Crippen molar-refractivity contribution in [2.45, 2.75) is 85.5 Å². The molecule has 2 unspecified atom stereocenters. The average Bonchev–Trinajstić information content (AvgIpc) is 2.90. The highest BCUT2D eigenvalue weighted by molar-refractivity contribution is 5.68. The summed E-state index contributed by atoms with van der Waals surface area (Å²) in [6.45, 7) is 25.9. The maximum absolute atomic E-state index is 12.6. The zero-order valence-electron chi connectivity index (χ0n) is 28.0. The number of carbonyl (C=O) groups is 1. The second kappa shape index (κ2) is 11.7. The second-order valence-electron chi connectivity index (χ2n) is 14.6. The van der Waals surface area contributed by atoms with Crippen molar-refractivity contribution in [3.05, 3.63) is 95.4 Å². The Morgan fingerprint density at radius 2 is 1.82 bits per heavy atom. The van der Waals surface area contributed by atoms with Crippen molar-refractivity contribution in [1.29, 1.82) is 0 Å². The van der Waals surface area contributed by atoms with Gasteiger partial charge >= 0.3 is 6.09 Å². The number of ether oxygens (including phenoxy) is 3. The van der Waals surface area contributed by atoms with Crippen LogP contribution < -0.4 is 0 Å². The number of fused-ring (bicyclic) bond motifs is 1. The van der Waals surface area contributed by atoms with E-state index in [1.165, 1.54) is 11.3 Å². The molecule has 2 atom stereocenters. The molecular weight excluding hydrogens is 550 g/mol. The normalized spacial score (nSPS) is 27.4. The van der Waals surface area contributed by atoms with Gasteiger partial charge in [-0.15, -0.1) is 0 Å². The van der Waals surface area contributed by atoms with Crippen LogP contribution in [0.15, 0.2) is 95.4 Å². The number of carbonyl (C=O) groups excluding carboxylic acids is 1. The van der Waals surface area contributed by atoms with Crippen LogP contribution in [0.25, 0.3) is 0 Å². The number of hydrogen-bond acceptors (Lipinski definition) is 6. The van der Waals surface area contributed by atoms with Crippen molar-refractivity contribution in [2.24, 2.45) is 10.8 Å². The molecule has 0 bridgehead atoms. The monoisotopic (exact) mass is 601 g/mol. The molecule has 0 N–H and O–H groups in total. The van der Waals surface area contributed by atoms with Crippen molar-refractivity contribution in [1.82, 2.24) is 14.7 Å². The summed E-state index contributed by atoms with van der Waals surface area (Å²) in [5, 5.41) is 0. The van der Waals surface area contributed by atoms with Gasteiger partial charge in [0.1, 0.15) is 23.2 Å². The van der Waals surface area contributed by atoms with Crippen LogP contribution >= 0.6 is 0 Å². The number of allylic oxidation sites excluding steroid dienone is 7. The molecule has 0 aromatic carbocycles. The van der Waals surface area contributed by atoms with E-state index in [-0.39, 0.29) is 29.1 Å². The molecule has 0 aromatic heterocycles. The van der Waals surface area contributed by atoms with Gasteiger partial charge in [0, 0.05) is 51.3 Å². The Morgan fingerprint density at radius 3 is 2.39 bits per heavy atom. The number of piperidine rings is 1. The molecule has 238 valence electrons. The zero-order chi connectivity index (χ0) is 32.0. The van der Waals surface area contributed by atoms with E-state index in [9.17, 15) is 4.79 Å². The first-order valence-corrected chi connectivity index (χ1v) is 16.0. The highest BCUT2D eigenvalue weighted by atomic mass is 16.6. The number of nitrogens with zero attached hydrogens (tertiary/aromatic N) is 3. The summed E-state index contributed by atoms with van der Waals surface area (Å²) in [7, 11) is 2.20. The third-order valence-corrected chi connectivity index (χ3v) is 9.14. The van der Waals surface area contributed by atoms with Crippen molar-refractivity contribution in [3.8, 4) is 0 Å². The first-order valence-electron chi connectivity index (χ1n) is 16.0. The SMILES string of the molecule is C=C1C=C2/C(=C3\C=CC=C(OC4CCN(C(=O)OC(C)(C)C)CC4)C34C=CC4)N(C)CC(C(C)(C)C)N2C=C1C(=C)OCC. The lowest BCUT2D eigenvalue weighted by atomic mass is 9.65. The van der Waals surface area contributed by atoms with E-state index in [1.54, 1.807) is 4.90 Å². The van der Waals surface area contributed by atoms with Crippen LogP contribution in [0, 0.1) is 10.8 Å². The van der Waals surface area contributed by atoms with Crippen molar-refractivity contribution in [3.63, 3.8) is 0 Å². The molecule has 3 aliphatic heterocycles. The maximum Gasteiger partial charge on any atom is 0.410 e. The van der Waals surface area contributed by atoms with Crippen LogP contribution in [0.5, 0.6) is 0 Å². The van der Waals surface area contributed by atoms with Gasteiger partial charge in [-0.3, -0.25) is 0 Å². The third kappa shape index (κ3) is 6.02. The summed E-state index contributed by atoms with van der Waals surface area (Å²) >= 11 is 0. The van der Waals surface area contributed by atoms with E-state index in [4.69, 9.17) is 14.2 Å². The largest absolute Gasteiger partial charge is 0.494 e. The molecule has 1 spiro atoms. The fourth-order valence-electron chi connectivity index (χ4n) is 6.72. The van der Waals surface area contributed by atoms with Gasteiger partial charge in [-0.05, 0) is 62.8 Å². The topological polar surface area (TPSA) is 54.5 Å². The summed E-state index contributed by atoms with van der Waals surface area (Å²) in [4.78, 5) is 19.3. The number of likely N-dealkylation sites (tertiary alicyclic amines) is 1. The smallest absolute Gasteiger partial charge is 0.410 e. The van der Waals surface area contributed by atoms with Crippen LogP contribution in [0.4, 0.5) is 4.79 Å². The standard InChI is InChI=1S/C37H51N3O4/c1-11-42-26(3)28-23-40-30(22-25(28)2)33(38(10)24-31(40)35(4,5)6)29-14-12-15-32(37(29)18-13-19-37)43-27-16-20-39(21-17-27)34(41)44-36(7,8)9/h12-15,18,22-23,27,31H,2-3,11,16-17,19-21,24H2,1,4-10H3/b33-29-. The van der Waals surface area contributed by atoms with E-state index in [0.717, 1.165) is 48.4 Å². The van der Waals surface area contributed by atoms with Gasteiger partial charge < -0.3 is 28.9 Å². The van der Waals surface area contributed by atoms with E-state index < -0.39 is 5.60 Å². The molecule has 7 nitrogen and oxygen atoms in total. The van der Waals surface area contributed by atoms with Crippen molar-refractivity contribution >= 4 is 6.09 Å². The molecule has 44 heavy (non-hydrogen) atoms. The number of amides is 1. The summed E-state index contributed by atoms with van der Waals surface area (Å²) in [5.41, 5.74) is 4.61. The molecule has 3 heterocycles. The quantitative estimate of drug-likeness (QED) is 0.239. The summed E-state index contributed by atoms with van der Waals surface area (Å²) in [6, 6.07) is 0.238. The van der Waals surface area contributed by atoms with Gasteiger partial charge in [-0.25, -0.2) is 4.79 Å². The Bertz CT molecular complexity index is 1390. The van der Waals surface area contributed by atoms with Gasteiger partial charge in [0.05, 0.1) is 29.5 Å². The first kappa shape index (κ1) is 31.8. The molecule has 0 saturated carbocycles. The highest BCUT2D eigenvalue weighted by Crippen LogP contribution is 2.54. The Kier molecular flexibility index (Phi) is 8.47. The minimum absolute atomic E-state index is 0.0234. The molecule has 5 rings (SSSR count). The zero-order valence-corrected chi connectivity index (χ0v) is 28.0. The van der Waals surface area contributed by atoms with Crippen LogP contribution in [0.1, 0.15) is 67.7 Å². The van der Waals surface area contributed by atoms with Crippen LogP contribution in [-0.4, -0.2) is 71.8 Å². The van der Waals surface area contributed by atoms with E-state index in [1.807, 2.05) is 27.7 Å². The highest BCUT2D eigenvalue weighted by Gasteiger charge is 2.48. The third-order valence-electron chi connectivity index (χ3n) is 9.14. The average molecular weight is 602 g/mol. The Labute approximate surface area is 264 Å². The fraction of sp³-hybridized carbons (Fsp3) is 0.541. The molecule has 1 amide bonds. The van der Waals surface area contributed by atoms with Gasteiger partial charge in [-0.2, -0.15) is 0 Å². The van der Waals surface area contributed by atoms with Gasteiger partial charge in [-0.1, -0.05) is 58.2 Å². The predicted molar refractivity (Wildman–Crippen MR) is 176 cm³/mol. The van der Waals surface area contributed by atoms with Crippen LogP contribution in [0.3, 0.4) is 0 Å². The molecule has 0 aromatic rings. The molecule has 0 radical (unpaired) electrons. The number of piperazine rings is 1. The lowest BCUT2D eigenvalue weighted by Crippen LogP contribution is -2.54. The fourth-order valence-corrected chi connectivity index (χ4v) is 6.72. The first-order chi connectivity index (χ1) is 20.6. The van der Waals surface area contributed by atoms with E-state index in [0.29, 0.717) is 25.5 Å². The lowest BCUT2D eigenvalue weighted by Gasteiger charge is -2.52. The summed E-state index contributed by atoms with van der Waals surface area (Å²) in [5.74, 6) is 1.63. The predicted octanol–water partition coefficient (Wildman–Crippen LogP) is 7.61. The minimum atomic E-state index is -0.500. The van der Waals surface area contributed by atoms with Crippen LogP contribution in [0.2, 0.25) is 0 Å². The van der Waals surface area contributed by atoms with Gasteiger partial charge in [0.15, 0.2) is 0 Å². The van der Waals surface area contributed by atoms with Crippen LogP contribution in [-0.2, 0) is 14.2 Å². The summed E-state index contributed by atoms with van der Waals surface area (Å²) in [6.07, 6.45) is 17.7. The Hall–Kier alpha value is -3.61. The van der Waals surface area contributed by atoms with Crippen molar-refractivity contribution < 1.29 is 19.0 Å². The second-order valence-corrected chi connectivity index (χ2v) is 14.6. The van der Waals surface area contributed by atoms with Gasteiger partial charge in [0.2, 0.25) is 0 Å². The minimum Gasteiger partial charge on any atom is -0.494 e. The number of hydrogen-bond donors (Lipinski definition) is 0. The summed E-state index contributed by atoms with van der Waals surface area (Å²) < 4.78 is 18.2. The van der Waals surface area contributed by atoms with Gasteiger partial charge in [0.25, 0.3) is 0 Å². The Balaban J connectivity index is 1.44. The molecule has 2 aliphatic carbocycles. The molecular formula is C37H51N3O4. The molecule has 5 aliphatic rings. The van der Waals surface area contributed by atoms with Crippen molar-refractivity contribution in [2.75, 3.05) is 33.3 Å². The maximum atomic E-state index is 12.6. The number of rotatable bonds is 5. The van der Waals surface area contributed by atoms with E-state index >= 15 is 0 Å². The lowest BCUT2D eigenvalue weighted by molar-refractivity contribution is -0.00155. The number of likely N-dealkylation sites (N-methyl/N-ethyl adjacent to an activating group) is 1. The Morgan fingerprint density at radius 1 is 1.14 bits per heavy atom. The van der Waals surface area contributed by atoms with E-state index in [2.05, 4.69) is 93.4 Å². The molecule has 2 fully saturated rings. The molecule has 2 saturated heterocycles. The molecule has 7 heteroatoms.